The molecule has 0 aliphatic carbocycles. The number of methoxy groups -OCH3 is 1. The summed E-state index contributed by atoms with van der Waals surface area (Å²) in [6, 6.07) is 14.5. The minimum atomic E-state index is -0.355. The van der Waals surface area contributed by atoms with Gasteiger partial charge in [-0.05, 0) is 48.4 Å². The molecule has 0 radical (unpaired) electrons. The van der Waals surface area contributed by atoms with E-state index in [9.17, 15) is 9.59 Å². The Morgan fingerprint density at radius 1 is 1.00 bits per heavy atom. The fourth-order valence-electron chi connectivity index (χ4n) is 1.91. The van der Waals surface area contributed by atoms with E-state index in [4.69, 9.17) is 4.74 Å². The normalized spacial score (nSPS) is 10.5. The molecule has 0 N–H and O–H groups in total. The molecule has 0 unspecified atom stereocenters. The van der Waals surface area contributed by atoms with Crippen molar-refractivity contribution in [2.24, 2.45) is 0 Å². The first-order valence-electron chi connectivity index (χ1n) is 7.17. The van der Waals surface area contributed by atoms with Crippen LogP contribution < -0.4 is 4.74 Å². The van der Waals surface area contributed by atoms with Gasteiger partial charge in [-0.15, -0.1) is 0 Å². The van der Waals surface area contributed by atoms with Gasteiger partial charge >= 0.3 is 5.97 Å². The Kier molecular flexibility index (Phi) is 5.69. The van der Waals surface area contributed by atoms with Crippen LogP contribution in [0.15, 0.2) is 54.6 Å². The SMILES string of the molecule is COC(=O)c1ccc(COc2ccc(/C=C/C(C)=O)cc2)cc1. The number of allylic oxidation sites excluding steroid dienone is 1. The molecule has 0 aromatic heterocycles. The first-order chi connectivity index (χ1) is 11.1. The van der Waals surface area contributed by atoms with Gasteiger partial charge in [0, 0.05) is 0 Å². The molecule has 0 atom stereocenters. The highest BCUT2D eigenvalue weighted by molar-refractivity contribution is 5.91. The Morgan fingerprint density at radius 2 is 1.65 bits per heavy atom. The topological polar surface area (TPSA) is 52.6 Å². The van der Waals surface area contributed by atoms with E-state index < -0.39 is 0 Å². The van der Waals surface area contributed by atoms with Crippen LogP contribution in [0, 0.1) is 0 Å². The fraction of sp³-hybridized carbons (Fsp3) is 0.158. The highest BCUT2D eigenvalue weighted by atomic mass is 16.5. The molecule has 2 rings (SSSR count). The number of ether oxygens (including phenoxy) is 2. The van der Waals surface area contributed by atoms with Crippen molar-refractivity contribution in [1.82, 2.24) is 0 Å². The van der Waals surface area contributed by atoms with Crippen molar-refractivity contribution in [2.75, 3.05) is 7.11 Å². The molecule has 0 bridgehead atoms. The number of benzene rings is 2. The lowest BCUT2D eigenvalue weighted by atomic mass is 10.1. The summed E-state index contributed by atoms with van der Waals surface area (Å²) in [7, 11) is 1.36. The molecule has 2 aromatic carbocycles. The number of esters is 1. The van der Waals surface area contributed by atoms with Gasteiger partial charge in [-0.25, -0.2) is 4.79 Å². The highest BCUT2D eigenvalue weighted by Crippen LogP contribution is 2.15. The van der Waals surface area contributed by atoms with Crippen molar-refractivity contribution < 1.29 is 19.1 Å². The standard InChI is InChI=1S/C19H18O4/c1-14(20)3-4-15-7-11-18(12-8-15)23-13-16-5-9-17(10-6-16)19(21)22-2/h3-12H,13H2,1-2H3/b4-3+. The number of rotatable bonds is 6. The molecule has 4 nitrogen and oxygen atoms in total. The van der Waals surface area contributed by atoms with E-state index >= 15 is 0 Å². The third-order valence-electron chi connectivity index (χ3n) is 3.17. The quantitative estimate of drug-likeness (QED) is 0.603. The van der Waals surface area contributed by atoms with Gasteiger partial charge in [0.05, 0.1) is 12.7 Å². The van der Waals surface area contributed by atoms with E-state index in [1.54, 1.807) is 18.2 Å². The summed E-state index contributed by atoms with van der Waals surface area (Å²) in [5.74, 6) is 0.398. The molecule has 0 saturated carbocycles. The van der Waals surface area contributed by atoms with Crippen LogP contribution >= 0.6 is 0 Å². The summed E-state index contributed by atoms with van der Waals surface area (Å²) in [4.78, 5) is 22.2. The maximum atomic E-state index is 11.4. The predicted molar refractivity (Wildman–Crippen MR) is 88.3 cm³/mol. The van der Waals surface area contributed by atoms with Crippen molar-refractivity contribution >= 4 is 17.8 Å². The zero-order chi connectivity index (χ0) is 16.7. The second kappa shape index (κ2) is 7.94. The van der Waals surface area contributed by atoms with Crippen molar-refractivity contribution in [3.63, 3.8) is 0 Å². The van der Waals surface area contributed by atoms with E-state index in [0.717, 1.165) is 16.9 Å². The first kappa shape index (κ1) is 16.5. The van der Waals surface area contributed by atoms with Gasteiger partial charge in [-0.1, -0.05) is 30.3 Å². The molecule has 0 aliphatic heterocycles. The number of ketones is 1. The Bertz CT molecular complexity index is 697. The number of carbonyl (C=O) groups excluding carboxylic acids is 2. The van der Waals surface area contributed by atoms with Crippen LogP contribution in [0.5, 0.6) is 5.75 Å². The second-order valence-corrected chi connectivity index (χ2v) is 4.99. The van der Waals surface area contributed by atoms with Crippen LogP contribution in [-0.4, -0.2) is 18.9 Å². The molecule has 118 valence electrons. The van der Waals surface area contributed by atoms with Gasteiger partial charge in [0.2, 0.25) is 0 Å². The summed E-state index contributed by atoms with van der Waals surface area (Å²) in [6.45, 7) is 1.92. The molecule has 23 heavy (non-hydrogen) atoms. The number of hydrogen-bond acceptors (Lipinski definition) is 4. The van der Waals surface area contributed by atoms with E-state index in [0.29, 0.717) is 12.2 Å². The average Bonchev–Trinajstić information content (AvgIpc) is 2.58. The van der Waals surface area contributed by atoms with E-state index in [1.807, 2.05) is 36.4 Å². The number of carbonyl (C=O) groups is 2. The van der Waals surface area contributed by atoms with Gasteiger partial charge in [0.25, 0.3) is 0 Å². The molecule has 2 aromatic rings. The van der Waals surface area contributed by atoms with Crippen molar-refractivity contribution in [3.8, 4) is 5.75 Å². The van der Waals surface area contributed by atoms with Crippen molar-refractivity contribution in [2.45, 2.75) is 13.5 Å². The summed E-state index contributed by atoms with van der Waals surface area (Å²) in [5, 5.41) is 0. The van der Waals surface area contributed by atoms with Crippen LogP contribution in [0.25, 0.3) is 6.08 Å². The third kappa shape index (κ3) is 5.11. The molecule has 0 amide bonds. The van der Waals surface area contributed by atoms with Crippen LogP contribution in [0.3, 0.4) is 0 Å². The monoisotopic (exact) mass is 310 g/mol. The summed E-state index contributed by atoms with van der Waals surface area (Å²) < 4.78 is 10.3. The minimum Gasteiger partial charge on any atom is -0.489 e. The van der Waals surface area contributed by atoms with Gasteiger partial charge in [0.1, 0.15) is 12.4 Å². The Balaban J connectivity index is 1.93. The van der Waals surface area contributed by atoms with Gasteiger partial charge in [-0.2, -0.15) is 0 Å². The van der Waals surface area contributed by atoms with Crippen LogP contribution in [-0.2, 0) is 16.1 Å². The van der Waals surface area contributed by atoms with E-state index in [-0.39, 0.29) is 11.8 Å². The Labute approximate surface area is 135 Å². The molecule has 4 heteroatoms. The molecular weight excluding hydrogens is 292 g/mol. The minimum absolute atomic E-state index is 0.0146. The van der Waals surface area contributed by atoms with Crippen molar-refractivity contribution in [3.05, 3.63) is 71.3 Å². The highest BCUT2D eigenvalue weighted by Gasteiger charge is 2.04. The number of hydrogen-bond donors (Lipinski definition) is 0. The molecule has 0 saturated heterocycles. The zero-order valence-electron chi connectivity index (χ0n) is 13.1. The molecule has 0 fully saturated rings. The summed E-state index contributed by atoms with van der Waals surface area (Å²) in [5.41, 5.74) is 2.41. The van der Waals surface area contributed by atoms with Gasteiger partial charge < -0.3 is 9.47 Å². The average molecular weight is 310 g/mol. The molecular formula is C19H18O4. The van der Waals surface area contributed by atoms with Crippen LogP contribution in [0.1, 0.15) is 28.4 Å². The largest absolute Gasteiger partial charge is 0.489 e. The van der Waals surface area contributed by atoms with Gasteiger partial charge in [0.15, 0.2) is 5.78 Å². The Hall–Kier alpha value is -2.88. The predicted octanol–water partition coefficient (Wildman–Crippen LogP) is 3.65. The lowest BCUT2D eigenvalue weighted by molar-refractivity contribution is -0.112. The third-order valence-corrected chi connectivity index (χ3v) is 3.17. The lowest BCUT2D eigenvalue weighted by Gasteiger charge is -2.07. The fourth-order valence-corrected chi connectivity index (χ4v) is 1.91. The molecule has 0 aliphatic rings. The second-order valence-electron chi connectivity index (χ2n) is 4.99. The maximum Gasteiger partial charge on any atom is 0.337 e. The summed E-state index contributed by atoms with van der Waals surface area (Å²) >= 11 is 0. The molecule has 0 heterocycles. The molecule has 0 spiro atoms. The zero-order valence-corrected chi connectivity index (χ0v) is 13.1. The van der Waals surface area contributed by atoms with Crippen LogP contribution in [0.2, 0.25) is 0 Å². The van der Waals surface area contributed by atoms with E-state index in [1.165, 1.54) is 20.1 Å². The van der Waals surface area contributed by atoms with Crippen LogP contribution in [0.4, 0.5) is 0 Å². The summed E-state index contributed by atoms with van der Waals surface area (Å²) in [6.07, 6.45) is 3.29. The van der Waals surface area contributed by atoms with Gasteiger partial charge in [-0.3, -0.25) is 4.79 Å². The lowest BCUT2D eigenvalue weighted by Crippen LogP contribution is -2.01. The Morgan fingerprint density at radius 3 is 2.22 bits per heavy atom. The smallest absolute Gasteiger partial charge is 0.337 e. The maximum absolute atomic E-state index is 11.4. The first-order valence-corrected chi connectivity index (χ1v) is 7.17. The van der Waals surface area contributed by atoms with E-state index in [2.05, 4.69) is 4.74 Å². The van der Waals surface area contributed by atoms with Crippen molar-refractivity contribution in [1.29, 1.82) is 0 Å².